The Labute approximate surface area is 114 Å². The number of thiophene rings is 1. The van der Waals surface area contributed by atoms with Crippen molar-refractivity contribution in [3.63, 3.8) is 0 Å². The van der Waals surface area contributed by atoms with Crippen LogP contribution in [0.15, 0.2) is 42.5 Å². The highest BCUT2D eigenvalue weighted by Gasteiger charge is 2.23. The van der Waals surface area contributed by atoms with Gasteiger partial charge < -0.3 is 10.5 Å². The topological polar surface area (TPSA) is 69.4 Å². The van der Waals surface area contributed by atoms with Crippen LogP contribution in [0.1, 0.15) is 26.2 Å². The molecule has 1 atom stereocenters. The van der Waals surface area contributed by atoms with Crippen molar-refractivity contribution in [3.8, 4) is 0 Å². The quantitative estimate of drug-likeness (QED) is 0.871. The van der Waals surface area contributed by atoms with Gasteiger partial charge in [-0.05, 0) is 19.1 Å². The second-order valence-corrected chi connectivity index (χ2v) is 5.30. The minimum absolute atomic E-state index is 0.458. The maximum absolute atomic E-state index is 11.9. The van der Waals surface area contributed by atoms with Gasteiger partial charge in [0.1, 0.15) is 4.88 Å². The molecule has 0 aliphatic heterocycles. The number of benzene rings is 1. The van der Waals surface area contributed by atoms with Crippen molar-refractivity contribution in [1.29, 1.82) is 0 Å². The molecular formula is C14H13NO3S. The number of nitrogens with two attached hydrogens (primary N) is 1. The predicted molar refractivity (Wildman–Crippen MR) is 72.8 cm³/mol. The van der Waals surface area contributed by atoms with Crippen molar-refractivity contribution in [2.75, 3.05) is 0 Å². The summed E-state index contributed by atoms with van der Waals surface area (Å²) >= 11 is 1.32. The van der Waals surface area contributed by atoms with Gasteiger partial charge in [0.05, 0.1) is 0 Å². The maximum atomic E-state index is 11.9. The molecule has 0 saturated heterocycles. The average molecular weight is 275 g/mol. The van der Waals surface area contributed by atoms with Gasteiger partial charge in [0.2, 0.25) is 6.10 Å². The zero-order chi connectivity index (χ0) is 13.8. The van der Waals surface area contributed by atoms with Crippen molar-refractivity contribution in [2.24, 2.45) is 5.73 Å². The van der Waals surface area contributed by atoms with Crippen LogP contribution in [-0.2, 0) is 9.53 Å². The Morgan fingerprint density at radius 2 is 1.84 bits per heavy atom. The molecule has 4 nitrogen and oxygen atoms in total. The molecule has 0 bridgehead atoms. The molecule has 1 unspecified atom stereocenters. The molecule has 0 aliphatic rings. The Balaban J connectivity index is 2.18. The lowest BCUT2D eigenvalue weighted by atomic mass is 10.1. The van der Waals surface area contributed by atoms with Gasteiger partial charge in [-0.2, -0.15) is 0 Å². The van der Waals surface area contributed by atoms with Crippen LogP contribution < -0.4 is 5.73 Å². The Bertz CT molecular complexity index is 592. The van der Waals surface area contributed by atoms with Crippen molar-refractivity contribution in [3.05, 3.63) is 57.8 Å². The number of carbonyl (C=O) groups is 2. The van der Waals surface area contributed by atoms with Crippen LogP contribution in [0, 0.1) is 6.92 Å². The molecule has 1 amide bonds. The summed E-state index contributed by atoms with van der Waals surface area (Å²) in [4.78, 5) is 24.8. The van der Waals surface area contributed by atoms with Crippen molar-refractivity contribution >= 4 is 23.2 Å². The van der Waals surface area contributed by atoms with Crippen molar-refractivity contribution in [2.45, 2.75) is 13.0 Å². The zero-order valence-corrected chi connectivity index (χ0v) is 11.1. The fourth-order valence-electron chi connectivity index (χ4n) is 1.63. The molecule has 98 valence electrons. The van der Waals surface area contributed by atoms with E-state index in [9.17, 15) is 9.59 Å². The molecule has 2 N–H and O–H groups in total. The number of primary amides is 1. The van der Waals surface area contributed by atoms with Gasteiger partial charge in [0.25, 0.3) is 5.91 Å². The third-order valence-corrected chi connectivity index (χ3v) is 3.51. The van der Waals surface area contributed by atoms with Gasteiger partial charge in [-0.15, -0.1) is 11.3 Å². The Morgan fingerprint density at radius 1 is 1.16 bits per heavy atom. The fourth-order valence-corrected chi connectivity index (χ4v) is 2.38. The molecule has 1 heterocycles. The molecule has 1 aromatic heterocycles. The van der Waals surface area contributed by atoms with E-state index in [2.05, 4.69) is 0 Å². The normalized spacial score (nSPS) is 11.8. The average Bonchev–Trinajstić information content (AvgIpc) is 2.83. The van der Waals surface area contributed by atoms with E-state index in [1.54, 1.807) is 30.3 Å². The second kappa shape index (κ2) is 5.67. The summed E-state index contributed by atoms with van der Waals surface area (Å²) in [6.45, 7) is 1.89. The Kier molecular flexibility index (Phi) is 3.97. The number of amides is 1. The highest BCUT2D eigenvalue weighted by molar-refractivity contribution is 7.13. The lowest BCUT2D eigenvalue weighted by Gasteiger charge is -2.14. The maximum Gasteiger partial charge on any atom is 0.349 e. The minimum Gasteiger partial charge on any atom is -0.443 e. The standard InChI is InChI=1S/C14H13NO3S/c1-9-7-8-11(19-9)14(17)18-12(13(15)16)10-5-3-2-4-6-10/h2-8,12H,1H3,(H2,15,16). The molecule has 0 saturated carbocycles. The number of rotatable bonds is 4. The first-order valence-electron chi connectivity index (χ1n) is 5.69. The van der Waals surface area contributed by atoms with E-state index in [0.717, 1.165) is 4.88 Å². The van der Waals surface area contributed by atoms with E-state index in [1.807, 2.05) is 19.1 Å². The second-order valence-electron chi connectivity index (χ2n) is 4.01. The van der Waals surface area contributed by atoms with E-state index < -0.39 is 18.0 Å². The van der Waals surface area contributed by atoms with Crippen LogP contribution in [0.3, 0.4) is 0 Å². The highest BCUT2D eigenvalue weighted by Crippen LogP contribution is 2.22. The first-order chi connectivity index (χ1) is 9.08. The van der Waals surface area contributed by atoms with Gasteiger partial charge >= 0.3 is 5.97 Å². The largest absolute Gasteiger partial charge is 0.443 e. The number of hydrogen-bond acceptors (Lipinski definition) is 4. The Hall–Kier alpha value is -2.14. The van der Waals surface area contributed by atoms with Gasteiger partial charge in [-0.3, -0.25) is 4.79 Å². The summed E-state index contributed by atoms with van der Waals surface area (Å²) in [5, 5.41) is 0. The van der Waals surface area contributed by atoms with Crippen molar-refractivity contribution in [1.82, 2.24) is 0 Å². The summed E-state index contributed by atoms with van der Waals surface area (Å²) in [6.07, 6.45) is -1.06. The van der Waals surface area contributed by atoms with Crippen LogP contribution in [-0.4, -0.2) is 11.9 Å². The molecule has 19 heavy (non-hydrogen) atoms. The molecule has 2 aromatic rings. The number of ether oxygens (including phenoxy) is 1. The SMILES string of the molecule is Cc1ccc(C(=O)OC(C(N)=O)c2ccccc2)s1. The van der Waals surface area contributed by atoms with E-state index in [-0.39, 0.29) is 0 Å². The summed E-state index contributed by atoms with van der Waals surface area (Å²) in [5.41, 5.74) is 5.85. The predicted octanol–water partition coefficient (Wildman–Crippen LogP) is 2.44. The van der Waals surface area contributed by atoms with Crippen LogP contribution in [0.25, 0.3) is 0 Å². The number of aryl methyl sites for hydroxylation is 1. The third kappa shape index (κ3) is 3.20. The fraction of sp³-hybridized carbons (Fsp3) is 0.143. The lowest BCUT2D eigenvalue weighted by Crippen LogP contribution is -2.26. The van der Waals surface area contributed by atoms with E-state index in [0.29, 0.717) is 10.4 Å². The highest BCUT2D eigenvalue weighted by atomic mass is 32.1. The van der Waals surface area contributed by atoms with Crippen LogP contribution in [0.2, 0.25) is 0 Å². The van der Waals surface area contributed by atoms with Crippen molar-refractivity contribution < 1.29 is 14.3 Å². The minimum atomic E-state index is -1.06. The molecule has 1 aromatic carbocycles. The molecular weight excluding hydrogens is 262 g/mol. The lowest BCUT2D eigenvalue weighted by molar-refractivity contribution is -0.127. The molecule has 0 fully saturated rings. The van der Waals surface area contributed by atoms with Gasteiger partial charge in [0.15, 0.2) is 0 Å². The molecule has 0 spiro atoms. The number of hydrogen-bond donors (Lipinski definition) is 1. The zero-order valence-electron chi connectivity index (χ0n) is 10.3. The third-order valence-electron chi connectivity index (χ3n) is 2.53. The summed E-state index contributed by atoms with van der Waals surface area (Å²) in [7, 11) is 0. The Morgan fingerprint density at radius 3 is 2.37 bits per heavy atom. The first kappa shape index (κ1) is 13.3. The van der Waals surface area contributed by atoms with Crippen LogP contribution in [0.4, 0.5) is 0 Å². The molecule has 0 aliphatic carbocycles. The van der Waals surface area contributed by atoms with Gasteiger partial charge in [0, 0.05) is 10.4 Å². The van der Waals surface area contributed by atoms with Gasteiger partial charge in [-0.25, -0.2) is 4.79 Å². The monoisotopic (exact) mass is 275 g/mol. The first-order valence-corrected chi connectivity index (χ1v) is 6.51. The summed E-state index contributed by atoms with van der Waals surface area (Å²) < 4.78 is 5.19. The molecule has 5 heteroatoms. The number of carbonyl (C=O) groups excluding carboxylic acids is 2. The van der Waals surface area contributed by atoms with E-state index >= 15 is 0 Å². The van der Waals surface area contributed by atoms with E-state index in [4.69, 9.17) is 10.5 Å². The number of esters is 1. The van der Waals surface area contributed by atoms with E-state index in [1.165, 1.54) is 11.3 Å². The van der Waals surface area contributed by atoms with Crippen LogP contribution >= 0.6 is 11.3 Å². The smallest absolute Gasteiger partial charge is 0.349 e. The summed E-state index contributed by atoms with van der Waals surface area (Å²) in [5.74, 6) is -1.22. The van der Waals surface area contributed by atoms with Crippen LogP contribution in [0.5, 0.6) is 0 Å². The molecule has 0 radical (unpaired) electrons. The van der Waals surface area contributed by atoms with Gasteiger partial charge in [-0.1, -0.05) is 30.3 Å². The summed E-state index contributed by atoms with van der Waals surface area (Å²) in [6, 6.07) is 12.2. The molecule has 2 rings (SSSR count).